The van der Waals surface area contributed by atoms with Gasteiger partial charge in [-0.3, -0.25) is 0 Å². The van der Waals surface area contributed by atoms with Crippen LogP contribution in [0.4, 0.5) is 0 Å². The molecule has 4 nitrogen and oxygen atoms in total. The molecule has 1 aliphatic carbocycles. The molecule has 0 aliphatic heterocycles. The van der Waals surface area contributed by atoms with Crippen LogP contribution in [0.3, 0.4) is 0 Å². The quantitative estimate of drug-likeness (QED) is 0.537. The molecule has 0 bridgehead atoms. The maximum absolute atomic E-state index is 10.8. The van der Waals surface area contributed by atoms with Gasteiger partial charge < -0.3 is 0 Å². The fourth-order valence-corrected chi connectivity index (χ4v) is 2.38. The lowest BCUT2D eigenvalue weighted by Gasteiger charge is -2.25. The molecule has 0 amide bonds. The van der Waals surface area contributed by atoms with Crippen LogP contribution in [0.25, 0.3) is 0 Å². The van der Waals surface area contributed by atoms with Crippen LogP contribution >= 0.6 is 9.24 Å². The maximum atomic E-state index is 10.8. The van der Waals surface area contributed by atoms with Crippen molar-refractivity contribution >= 4 is 9.24 Å². The van der Waals surface area contributed by atoms with Gasteiger partial charge in [0.2, 0.25) is 0 Å². The Balaban J connectivity index is 2.71. The lowest BCUT2D eigenvalue weighted by Crippen LogP contribution is -2.25. The number of hydrogen-bond acceptors (Lipinski definition) is 4. The summed E-state index contributed by atoms with van der Waals surface area (Å²) in [7, 11) is 2.55. The molecule has 3 unspecified atom stereocenters. The zero-order valence-corrected chi connectivity index (χ0v) is 10.4. The second-order valence-electron chi connectivity index (χ2n) is 4.84. The number of hydrogen-bond donors (Lipinski definition) is 0. The average molecular weight is 230 g/mol. The molecule has 1 rings (SSSR count). The molecule has 1 fully saturated rings. The lowest BCUT2D eigenvalue weighted by molar-refractivity contribution is 0.365. The summed E-state index contributed by atoms with van der Waals surface area (Å²) in [6, 6.07) is 0. The van der Waals surface area contributed by atoms with Crippen LogP contribution < -0.4 is 0 Å². The highest BCUT2D eigenvalue weighted by molar-refractivity contribution is 7.18. The van der Waals surface area contributed by atoms with Crippen LogP contribution in [0.5, 0.6) is 0 Å². The maximum Gasteiger partial charge on any atom is 0.116 e. The summed E-state index contributed by atoms with van der Waals surface area (Å²) in [5, 5.41) is 5.84. The normalized spacial score (nSPS) is 38.5. The summed E-state index contributed by atoms with van der Waals surface area (Å²) in [5.41, 5.74) is -0.503. The third kappa shape index (κ3) is 3.60. The molecule has 0 heterocycles. The molecule has 15 heavy (non-hydrogen) atoms. The van der Waals surface area contributed by atoms with Crippen LogP contribution in [-0.2, 0) is 0 Å². The van der Waals surface area contributed by atoms with Crippen molar-refractivity contribution in [2.45, 2.75) is 62.7 Å². The highest BCUT2D eigenvalue weighted by Crippen LogP contribution is 2.38. The second-order valence-corrected chi connectivity index (χ2v) is 5.92. The van der Waals surface area contributed by atoms with Crippen LogP contribution in [0.2, 0.25) is 0 Å². The first kappa shape index (κ1) is 12.7. The molecular formula is C10H19N2O2P. The minimum Gasteiger partial charge on any atom is -0.150 e. The Hall–Kier alpha value is -0.370. The van der Waals surface area contributed by atoms with E-state index in [2.05, 4.69) is 19.6 Å². The minimum atomic E-state index is -0.573. The number of nitrogens with zero attached hydrogens (tertiary/aromatic N) is 2. The Kier molecular flexibility index (Phi) is 4.32. The first-order valence-electron chi connectivity index (χ1n) is 5.52. The van der Waals surface area contributed by atoms with Crippen LogP contribution in [-0.4, -0.2) is 10.8 Å². The third-order valence-corrected chi connectivity index (χ3v) is 4.01. The Morgan fingerprint density at radius 1 is 0.933 bits per heavy atom. The van der Waals surface area contributed by atoms with E-state index in [9.17, 15) is 9.81 Å². The van der Waals surface area contributed by atoms with Gasteiger partial charge in [-0.1, -0.05) is 29.6 Å². The lowest BCUT2D eigenvalue weighted by atomic mass is 9.90. The predicted molar refractivity (Wildman–Crippen MR) is 64.8 cm³/mol. The number of rotatable bonds is 2. The summed E-state index contributed by atoms with van der Waals surface area (Å²) in [6.07, 6.45) is 6.00. The predicted octanol–water partition coefficient (Wildman–Crippen LogP) is 3.59. The van der Waals surface area contributed by atoms with Crippen molar-refractivity contribution < 1.29 is 0 Å². The van der Waals surface area contributed by atoms with Crippen LogP contribution in [0.15, 0.2) is 10.4 Å². The van der Waals surface area contributed by atoms with Crippen molar-refractivity contribution in [2.75, 3.05) is 0 Å². The van der Waals surface area contributed by atoms with Crippen molar-refractivity contribution in [3.05, 3.63) is 9.81 Å². The molecule has 0 aromatic heterocycles. The Morgan fingerprint density at radius 3 is 2.20 bits per heavy atom. The van der Waals surface area contributed by atoms with E-state index in [1.807, 2.05) is 6.92 Å². The van der Waals surface area contributed by atoms with E-state index in [4.69, 9.17) is 0 Å². The summed E-state index contributed by atoms with van der Waals surface area (Å²) >= 11 is 0. The third-order valence-electron chi connectivity index (χ3n) is 3.32. The molecule has 86 valence electrons. The van der Waals surface area contributed by atoms with Gasteiger partial charge in [0, 0.05) is 0 Å². The fraction of sp³-hybridized carbons (Fsp3) is 1.00. The summed E-state index contributed by atoms with van der Waals surface area (Å²) in [4.78, 5) is 21.6. The van der Waals surface area contributed by atoms with Crippen molar-refractivity contribution in [3.63, 3.8) is 0 Å². The van der Waals surface area contributed by atoms with Crippen molar-refractivity contribution in [2.24, 2.45) is 10.4 Å². The fourth-order valence-electron chi connectivity index (χ4n) is 2.03. The van der Waals surface area contributed by atoms with Gasteiger partial charge in [-0.05, 0) is 32.6 Å². The summed E-state index contributed by atoms with van der Waals surface area (Å²) < 4.78 is 0. The average Bonchev–Trinajstić information content (AvgIpc) is 2.32. The van der Waals surface area contributed by atoms with Gasteiger partial charge in [-0.25, -0.2) is 0 Å². The Labute approximate surface area is 92.7 Å². The molecule has 3 atom stereocenters. The largest absolute Gasteiger partial charge is 0.150 e. The zero-order valence-electron chi connectivity index (χ0n) is 9.24. The molecule has 0 aromatic rings. The molecule has 1 saturated carbocycles. The molecule has 0 saturated heterocycles. The van der Waals surface area contributed by atoms with Gasteiger partial charge in [-0.15, -0.1) is 14.1 Å². The minimum absolute atomic E-state index is 0.503. The molecule has 1 aliphatic rings. The zero-order chi connectivity index (χ0) is 11.4. The van der Waals surface area contributed by atoms with Crippen molar-refractivity contribution in [1.29, 1.82) is 0 Å². The molecule has 0 aromatic carbocycles. The van der Waals surface area contributed by atoms with Crippen molar-refractivity contribution in [1.82, 2.24) is 0 Å². The van der Waals surface area contributed by atoms with E-state index in [1.165, 1.54) is 0 Å². The smallest absolute Gasteiger partial charge is 0.116 e. The number of nitroso groups, excluding NO2 is 2. The van der Waals surface area contributed by atoms with E-state index in [-0.39, 0.29) is 0 Å². The van der Waals surface area contributed by atoms with E-state index in [1.54, 1.807) is 0 Å². The Morgan fingerprint density at radius 2 is 1.60 bits per heavy atom. The first-order valence-corrected chi connectivity index (χ1v) is 6.09. The SMILES string of the molecule is CC1(N=O)CCCCCC(P)(N=O)CC1. The van der Waals surface area contributed by atoms with Gasteiger partial charge in [0.25, 0.3) is 0 Å². The highest BCUT2D eigenvalue weighted by Gasteiger charge is 2.33. The standard InChI is InChI=1S/C10H19N2O2P/c1-9(11-13)5-3-2-4-6-10(15,12-14)8-7-9/h2-8,15H2,1H3. The van der Waals surface area contributed by atoms with E-state index < -0.39 is 10.8 Å². The van der Waals surface area contributed by atoms with Crippen LogP contribution in [0, 0.1) is 9.81 Å². The molecule has 0 N–H and O–H groups in total. The first-order chi connectivity index (χ1) is 7.04. The van der Waals surface area contributed by atoms with Gasteiger partial charge >= 0.3 is 0 Å². The Bertz CT molecular complexity index is 226. The molecule has 0 spiro atoms. The van der Waals surface area contributed by atoms with Crippen LogP contribution in [0.1, 0.15) is 51.9 Å². The summed E-state index contributed by atoms with van der Waals surface area (Å²) in [6.45, 7) is 1.88. The molecule has 5 heteroatoms. The van der Waals surface area contributed by atoms with Crippen molar-refractivity contribution in [3.8, 4) is 0 Å². The molecule has 0 radical (unpaired) electrons. The van der Waals surface area contributed by atoms with Gasteiger partial charge in [0.05, 0.1) is 5.54 Å². The topological polar surface area (TPSA) is 58.9 Å². The molecular weight excluding hydrogens is 211 g/mol. The van der Waals surface area contributed by atoms with Gasteiger partial charge in [0.15, 0.2) is 0 Å². The highest BCUT2D eigenvalue weighted by atomic mass is 31.0. The van der Waals surface area contributed by atoms with E-state index >= 15 is 0 Å². The van der Waals surface area contributed by atoms with E-state index in [0.717, 1.165) is 32.1 Å². The van der Waals surface area contributed by atoms with Gasteiger partial charge in [0.1, 0.15) is 5.28 Å². The monoisotopic (exact) mass is 230 g/mol. The summed E-state index contributed by atoms with van der Waals surface area (Å²) in [5.74, 6) is 0. The van der Waals surface area contributed by atoms with Gasteiger partial charge in [-0.2, -0.15) is 4.91 Å². The van der Waals surface area contributed by atoms with E-state index in [0.29, 0.717) is 12.8 Å². The second kappa shape index (κ2) is 5.11.